The number of phenols is 2. The van der Waals surface area contributed by atoms with Crippen molar-refractivity contribution in [1.29, 1.82) is 0 Å². The Labute approximate surface area is 219 Å². The number of hydrogen-bond donors (Lipinski definition) is 3. The number of ether oxygens (including phenoxy) is 1. The molecule has 9 nitrogen and oxygen atoms in total. The molecule has 2 heterocycles. The van der Waals surface area contributed by atoms with Gasteiger partial charge in [-0.1, -0.05) is 39.8 Å². The number of amides is 1. The average molecular weight is 510 g/mol. The van der Waals surface area contributed by atoms with E-state index in [1.165, 1.54) is 6.07 Å². The Kier molecular flexibility index (Phi) is 9.66. The summed E-state index contributed by atoms with van der Waals surface area (Å²) in [7, 11) is 0. The molecule has 9 heteroatoms. The molecule has 2 aromatic carbocycles. The molecule has 1 aromatic heterocycles. The second kappa shape index (κ2) is 12.7. The van der Waals surface area contributed by atoms with Crippen molar-refractivity contribution in [2.24, 2.45) is 0 Å². The van der Waals surface area contributed by atoms with Gasteiger partial charge in [-0.3, -0.25) is 14.3 Å². The maximum atomic E-state index is 13.0. The third-order valence-electron chi connectivity index (χ3n) is 6.00. The van der Waals surface area contributed by atoms with Gasteiger partial charge < -0.3 is 20.3 Å². The van der Waals surface area contributed by atoms with Crippen LogP contribution in [0.1, 0.15) is 69.2 Å². The van der Waals surface area contributed by atoms with Crippen molar-refractivity contribution in [2.45, 2.75) is 60.0 Å². The van der Waals surface area contributed by atoms with E-state index in [9.17, 15) is 15.0 Å². The summed E-state index contributed by atoms with van der Waals surface area (Å²) in [5.41, 5.74) is 2.90. The fourth-order valence-electron chi connectivity index (χ4n) is 4.18. The predicted molar refractivity (Wildman–Crippen MR) is 144 cm³/mol. The lowest BCUT2D eigenvalue weighted by atomic mass is 9.98. The van der Waals surface area contributed by atoms with Crippen LogP contribution in [0.15, 0.2) is 36.4 Å². The molecule has 37 heavy (non-hydrogen) atoms. The molecule has 0 spiro atoms. The van der Waals surface area contributed by atoms with Gasteiger partial charge in [0.1, 0.15) is 11.5 Å². The van der Waals surface area contributed by atoms with Crippen molar-refractivity contribution in [3.63, 3.8) is 0 Å². The van der Waals surface area contributed by atoms with Crippen molar-refractivity contribution in [3.8, 4) is 28.6 Å². The van der Waals surface area contributed by atoms with Gasteiger partial charge in [-0.05, 0) is 49.1 Å². The number of nitrogens with zero attached hydrogens (tertiary/aromatic N) is 4. The van der Waals surface area contributed by atoms with Crippen LogP contribution in [0.2, 0.25) is 0 Å². The van der Waals surface area contributed by atoms with Gasteiger partial charge in [0, 0.05) is 37.4 Å². The van der Waals surface area contributed by atoms with Crippen LogP contribution in [0.5, 0.6) is 11.5 Å². The molecule has 1 fully saturated rings. The number of nitrogens with one attached hydrogen (secondary N) is 1. The second-order valence-corrected chi connectivity index (χ2v) is 9.45. The smallest absolute Gasteiger partial charge is 0.289 e. The molecule has 1 aliphatic heterocycles. The van der Waals surface area contributed by atoms with Gasteiger partial charge in [-0.25, -0.2) is 0 Å². The minimum absolute atomic E-state index is 0.0116. The van der Waals surface area contributed by atoms with Gasteiger partial charge in [0.25, 0.3) is 5.91 Å². The van der Waals surface area contributed by atoms with Crippen molar-refractivity contribution in [2.75, 3.05) is 26.3 Å². The second-order valence-electron chi connectivity index (χ2n) is 9.45. The fourth-order valence-corrected chi connectivity index (χ4v) is 4.18. The molecule has 1 amide bonds. The van der Waals surface area contributed by atoms with Crippen molar-refractivity contribution in [3.05, 3.63) is 53.3 Å². The summed E-state index contributed by atoms with van der Waals surface area (Å²) in [6.07, 6.45) is 0. The van der Waals surface area contributed by atoms with Crippen LogP contribution < -0.4 is 5.32 Å². The minimum Gasteiger partial charge on any atom is -0.508 e. The van der Waals surface area contributed by atoms with Crippen LogP contribution in [-0.2, 0) is 11.3 Å². The summed E-state index contributed by atoms with van der Waals surface area (Å²) in [6.45, 7) is 15.8. The number of hydrogen-bond acceptors (Lipinski definition) is 7. The third-order valence-corrected chi connectivity index (χ3v) is 6.00. The van der Waals surface area contributed by atoms with Gasteiger partial charge in [0.05, 0.1) is 18.8 Å². The summed E-state index contributed by atoms with van der Waals surface area (Å²) in [5, 5.41) is 32.3. The summed E-state index contributed by atoms with van der Waals surface area (Å²) >= 11 is 0. The minimum atomic E-state index is -0.363. The molecule has 3 N–H and O–H groups in total. The molecular weight excluding hydrogens is 470 g/mol. The van der Waals surface area contributed by atoms with Gasteiger partial charge in [0.2, 0.25) is 5.82 Å². The molecule has 0 aliphatic carbocycles. The number of benzene rings is 2. The summed E-state index contributed by atoms with van der Waals surface area (Å²) < 4.78 is 7.08. The number of rotatable bonds is 7. The molecule has 1 saturated heterocycles. The van der Waals surface area contributed by atoms with Crippen LogP contribution in [0.25, 0.3) is 17.1 Å². The number of carbonyl (C=O) groups is 1. The lowest BCUT2D eigenvalue weighted by molar-refractivity contribution is 0.0342. The monoisotopic (exact) mass is 509 g/mol. The number of morpholine rings is 1. The molecule has 0 radical (unpaired) electrons. The lowest BCUT2D eigenvalue weighted by Gasteiger charge is -2.26. The molecule has 0 saturated carbocycles. The van der Waals surface area contributed by atoms with E-state index in [1.807, 2.05) is 65.8 Å². The molecule has 0 bridgehead atoms. The van der Waals surface area contributed by atoms with E-state index in [0.29, 0.717) is 22.6 Å². The summed E-state index contributed by atoms with van der Waals surface area (Å²) in [4.78, 5) is 15.3. The molecule has 0 atom stereocenters. The van der Waals surface area contributed by atoms with Crippen molar-refractivity contribution in [1.82, 2.24) is 25.0 Å². The van der Waals surface area contributed by atoms with E-state index in [1.54, 1.807) is 10.6 Å². The standard InChI is InChI=1S/C26H33N5O4.C2H6/c1-16(2)20-13-21(23(33)14-22(20)32)24-28-29-25(26(34)27-17(3)4)31(24)19-7-5-18(6-8-19)15-30-9-11-35-12-10-30;1-2/h5-8,13-14,16-17,32-33H,9-12,15H2,1-4H3,(H,27,34);1-2H3. The normalized spacial score (nSPS) is 13.9. The highest BCUT2D eigenvalue weighted by molar-refractivity contribution is 5.92. The zero-order chi connectivity index (χ0) is 27.1. The SMILES string of the molecule is CC.CC(C)NC(=O)c1nnc(-c2cc(C(C)C)c(O)cc2O)n1-c1ccc(CN2CCOCC2)cc1. The summed E-state index contributed by atoms with van der Waals surface area (Å²) in [6, 6.07) is 10.8. The number of carbonyl (C=O) groups excluding carboxylic acids is 1. The first kappa shape index (κ1) is 28.1. The summed E-state index contributed by atoms with van der Waals surface area (Å²) in [5.74, 6) is -0.0299. The highest BCUT2D eigenvalue weighted by Gasteiger charge is 2.25. The highest BCUT2D eigenvalue weighted by atomic mass is 16.5. The van der Waals surface area contributed by atoms with Crippen LogP contribution in [0, 0.1) is 0 Å². The maximum absolute atomic E-state index is 13.0. The highest BCUT2D eigenvalue weighted by Crippen LogP contribution is 2.38. The number of aromatic hydroxyl groups is 2. The van der Waals surface area contributed by atoms with E-state index in [-0.39, 0.29) is 35.2 Å². The van der Waals surface area contributed by atoms with Gasteiger partial charge in [-0.15, -0.1) is 10.2 Å². The zero-order valence-electron chi connectivity index (χ0n) is 22.7. The molecule has 200 valence electrons. The van der Waals surface area contributed by atoms with E-state index >= 15 is 0 Å². The molecule has 0 unspecified atom stereocenters. The molecule has 1 aliphatic rings. The number of aromatic nitrogens is 3. The fraction of sp³-hybridized carbons (Fsp3) is 0.464. The van der Waals surface area contributed by atoms with Gasteiger partial charge in [-0.2, -0.15) is 0 Å². The van der Waals surface area contributed by atoms with E-state index in [0.717, 1.165) is 38.4 Å². The van der Waals surface area contributed by atoms with Crippen LogP contribution in [0.4, 0.5) is 0 Å². The first-order chi connectivity index (χ1) is 17.7. The topological polar surface area (TPSA) is 113 Å². The lowest BCUT2D eigenvalue weighted by Crippen LogP contribution is -2.35. The molecule has 4 rings (SSSR count). The first-order valence-electron chi connectivity index (χ1n) is 13.0. The number of phenolic OH excluding ortho intramolecular Hbond substituents is 2. The Morgan fingerprint density at radius 3 is 2.24 bits per heavy atom. The van der Waals surface area contributed by atoms with Crippen LogP contribution in [-0.4, -0.2) is 68.1 Å². The Morgan fingerprint density at radius 1 is 1.00 bits per heavy atom. The average Bonchev–Trinajstić information content (AvgIpc) is 3.31. The quantitative estimate of drug-likeness (QED) is 0.431. The maximum Gasteiger partial charge on any atom is 0.289 e. The van der Waals surface area contributed by atoms with Crippen LogP contribution >= 0.6 is 0 Å². The van der Waals surface area contributed by atoms with E-state index in [2.05, 4.69) is 20.4 Å². The van der Waals surface area contributed by atoms with E-state index < -0.39 is 0 Å². The van der Waals surface area contributed by atoms with Gasteiger partial charge in [0.15, 0.2) is 5.82 Å². The largest absolute Gasteiger partial charge is 0.508 e. The van der Waals surface area contributed by atoms with Crippen molar-refractivity contribution < 1.29 is 19.7 Å². The Hall–Kier alpha value is -3.43. The predicted octanol–water partition coefficient (Wildman–Crippen LogP) is 4.47. The molecular formula is C28H39N5O4. The van der Waals surface area contributed by atoms with Gasteiger partial charge >= 0.3 is 0 Å². The Balaban J connectivity index is 0.00000186. The third kappa shape index (κ3) is 6.67. The Bertz CT molecular complexity index is 1180. The zero-order valence-corrected chi connectivity index (χ0v) is 22.7. The van der Waals surface area contributed by atoms with Crippen molar-refractivity contribution >= 4 is 5.91 Å². The van der Waals surface area contributed by atoms with E-state index in [4.69, 9.17) is 4.74 Å². The molecule has 3 aromatic rings. The van der Waals surface area contributed by atoms with Crippen LogP contribution in [0.3, 0.4) is 0 Å². The first-order valence-corrected chi connectivity index (χ1v) is 13.0. The Morgan fingerprint density at radius 2 is 1.65 bits per heavy atom.